The van der Waals surface area contributed by atoms with E-state index < -0.39 is 0 Å². The Bertz CT molecular complexity index is 444. The summed E-state index contributed by atoms with van der Waals surface area (Å²) in [4.78, 5) is 17.2. The number of nitrogens with zero attached hydrogens (tertiary/aromatic N) is 1. The van der Waals surface area contributed by atoms with Gasteiger partial charge in [0.1, 0.15) is 6.61 Å². The van der Waals surface area contributed by atoms with E-state index in [0.717, 1.165) is 44.2 Å². The van der Waals surface area contributed by atoms with E-state index in [0.29, 0.717) is 12.2 Å². The number of unbranched alkanes of at least 4 members (excludes halogenated alkanes) is 3. The van der Waals surface area contributed by atoms with Crippen LogP contribution in [0.3, 0.4) is 0 Å². The van der Waals surface area contributed by atoms with Crippen LogP contribution in [0.1, 0.15) is 61.9 Å². The molecular formula is C17H26N2O2. The molecule has 0 bridgehead atoms. The lowest BCUT2D eigenvalue weighted by molar-refractivity contribution is 0.0952. The maximum atomic E-state index is 12.0. The molecular weight excluding hydrogens is 264 g/mol. The molecule has 4 heteroatoms. The molecule has 0 heterocycles. The summed E-state index contributed by atoms with van der Waals surface area (Å²) in [6.45, 7) is 5.36. The molecule has 1 amide bonds. The molecule has 0 aliphatic rings. The van der Waals surface area contributed by atoms with Gasteiger partial charge in [-0.05, 0) is 30.5 Å². The van der Waals surface area contributed by atoms with Gasteiger partial charge >= 0.3 is 0 Å². The zero-order valence-electron chi connectivity index (χ0n) is 13.1. The molecule has 0 aliphatic carbocycles. The van der Waals surface area contributed by atoms with Crippen LogP contribution in [0, 0.1) is 0 Å². The van der Waals surface area contributed by atoms with Gasteiger partial charge in [-0.25, -0.2) is 0 Å². The van der Waals surface area contributed by atoms with Crippen molar-refractivity contribution in [2.24, 2.45) is 5.16 Å². The molecule has 116 valence electrons. The highest BCUT2D eigenvalue weighted by Crippen LogP contribution is 2.07. The molecule has 0 saturated heterocycles. The number of carbonyl (C=O) groups excluding carboxylic acids is 1. The summed E-state index contributed by atoms with van der Waals surface area (Å²) in [7, 11) is 0. The summed E-state index contributed by atoms with van der Waals surface area (Å²) < 4.78 is 0. The summed E-state index contributed by atoms with van der Waals surface area (Å²) >= 11 is 0. The van der Waals surface area contributed by atoms with E-state index in [-0.39, 0.29) is 5.91 Å². The summed E-state index contributed by atoms with van der Waals surface area (Å²) in [5.41, 5.74) is 1.62. The standard InChI is InChI=1S/C17H26N2O2/c1-3-5-7-11-18-17(20)16-10-8-9-15(13-16)14-21-19-12-6-4-2/h8-10,12-13H,3-7,11,14H2,1-2H3,(H,18,20)/b19-12+. The molecule has 0 fully saturated rings. The van der Waals surface area contributed by atoms with Crippen LogP contribution >= 0.6 is 0 Å². The van der Waals surface area contributed by atoms with Crippen LogP contribution in [-0.2, 0) is 11.4 Å². The minimum atomic E-state index is -0.0255. The number of nitrogens with one attached hydrogen (secondary N) is 1. The fraction of sp³-hybridized carbons (Fsp3) is 0.529. The van der Waals surface area contributed by atoms with E-state index in [2.05, 4.69) is 24.3 Å². The largest absolute Gasteiger partial charge is 0.391 e. The normalized spacial score (nSPS) is 10.8. The second kappa shape index (κ2) is 10.9. The van der Waals surface area contributed by atoms with Gasteiger partial charge in [-0.1, -0.05) is 50.4 Å². The van der Waals surface area contributed by atoms with Gasteiger partial charge in [-0.15, -0.1) is 0 Å². The van der Waals surface area contributed by atoms with Crippen LogP contribution in [-0.4, -0.2) is 18.7 Å². The first-order chi connectivity index (χ1) is 10.3. The third kappa shape index (κ3) is 7.49. The van der Waals surface area contributed by atoms with Gasteiger partial charge in [0.25, 0.3) is 5.91 Å². The third-order valence-electron chi connectivity index (χ3n) is 3.05. The molecule has 0 aliphatic heterocycles. The molecule has 1 aromatic carbocycles. The smallest absolute Gasteiger partial charge is 0.251 e. The number of rotatable bonds is 10. The van der Waals surface area contributed by atoms with E-state index >= 15 is 0 Å². The van der Waals surface area contributed by atoms with Crippen molar-refractivity contribution in [1.82, 2.24) is 5.32 Å². The van der Waals surface area contributed by atoms with Crippen molar-refractivity contribution < 1.29 is 9.63 Å². The van der Waals surface area contributed by atoms with Crippen molar-refractivity contribution in [3.63, 3.8) is 0 Å². The second-order valence-corrected chi connectivity index (χ2v) is 5.01. The number of hydrogen-bond donors (Lipinski definition) is 1. The minimum Gasteiger partial charge on any atom is -0.391 e. The van der Waals surface area contributed by atoms with Gasteiger partial charge in [-0.2, -0.15) is 0 Å². The maximum absolute atomic E-state index is 12.0. The van der Waals surface area contributed by atoms with Gasteiger partial charge in [0.15, 0.2) is 0 Å². The highest BCUT2D eigenvalue weighted by atomic mass is 16.6. The summed E-state index contributed by atoms with van der Waals surface area (Å²) in [5.74, 6) is -0.0255. The maximum Gasteiger partial charge on any atom is 0.251 e. The quantitative estimate of drug-likeness (QED) is 0.403. The van der Waals surface area contributed by atoms with Gasteiger partial charge < -0.3 is 10.2 Å². The van der Waals surface area contributed by atoms with Gasteiger partial charge in [-0.3, -0.25) is 4.79 Å². The predicted molar refractivity (Wildman–Crippen MR) is 86.5 cm³/mol. The SMILES string of the molecule is CCC/C=N/OCc1cccc(C(=O)NCCCCC)c1. The Hall–Kier alpha value is -1.84. The topological polar surface area (TPSA) is 50.7 Å². The lowest BCUT2D eigenvalue weighted by Crippen LogP contribution is -2.24. The Balaban J connectivity index is 2.42. The molecule has 0 radical (unpaired) electrons. The Kier molecular flexibility index (Phi) is 8.93. The lowest BCUT2D eigenvalue weighted by atomic mass is 10.1. The summed E-state index contributed by atoms with van der Waals surface area (Å²) in [6, 6.07) is 7.47. The summed E-state index contributed by atoms with van der Waals surface area (Å²) in [5, 5.41) is 6.81. The van der Waals surface area contributed by atoms with Crippen molar-refractivity contribution in [2.75, 3.05) is 6.54 Å². The van der Waals surface area contributed by atoms with Crippen molar-refractivity contribution >= 4 is 12.1 Å². The van der Waals surface area contributed by atoms with Gasteiger partial charge in [0.05, 0.1) is 0 Å². The van der Waals surface area contributed by atoms with Crippen molar-refractivity contribution in [3.05, 3.63) is 35.4 Å². The van der Waals surface area contributed by atoms with E-state index in [1.165, 1.54) is 0 Å². The Morgan fingerprint density at radius 3 is 2.90 bits per heavy atom. The van der Waals surface area contributed by atoms with Crippen LogP contribution in [0.25, 0.3) is 0 Å². The van der Waals surface area contributed by atoms with Crippen LogP contribution < -0.4 is 5.32 Å². The number of hydrogen-bond acceptors (Lipinski definition) is 3. The molecule has 21 heavy (non-hydrogen) atoms. The van der Waals surface area contributed by atoms with Crippen LogP contribution in [0.2, 0.25) is 0 Å². The van der Waals surface area contributed by atoms with E-state index in [1.807, 2.05) is 24.3 Å². The molecule has 4 nitrogen and oxygen atoms in total. The van der Waals surface area contributed by atoms with E-state index in [9.17, 15) is 4.79 Å². The molecule has 1 N–H and O–H groups in total. The molecule has 0 saturated carbocycles. The third-order valence-corrected chi connectivity index (χ3v) is 3.05. The Morgan fingerprint density at radius 2 is 2.14 bits per heavy atom. The van der Waals surface area contributed by atoms with Crippen LogP contribution in [0.4, 0.5) is 0 Å². The minimum absolute atomic E-state index is 0.0255. The zero-order chi connectivity index (χ0) is 15.3. The first-order valence-corrected chi connectivity index (χ1v) is 7.78. The number of oxime groups is 1. The fourth-order valence-electron chi connectivity index (χ4n) is 1.83. The highest BCUT2D eigenvalue weighted by Gasteiger charge is 2.05. The van der Waals surface area contributed by atoms with E-state index in [1.54, 1.807) is 6.21 Å². The average molecular weight is 290 g/mol. The first-order valence-electron chi connectivity index (χ1n) is 7.78. The van der Waals surface area contributed by atoms with E-state index in [4.69, 9.17) is 4.84 Å². The van der Waals surface area contributed by atoms with Crippen molar-refractivity contribution in [1.29, 1.82) is 0 Å². The van der Waals surface area contributed by atoms with Gasteiger partial charge in [0, 0.05) is 18.3 Å². The second-order valence-electron chi connectivity index (χ2n) is 5.01. The zero-order valence-corrected chi connectivity index (χ0v) is 13.1. The predicted octanol–water partition coefficient (Wildman–Crippen LogP) is 3.91. The van der Waals surface area contributed by atoms with Crippen LogP contribution in [0.5, 0.6) is 0 Å². The summed E-state index contributed by atoms with van der Waals surface area (Å²) in [6.07, 6.45) is 7.06. The molecule has 1 aromatic rings. The highest BCUT2D eigenvalue weighted by molar-refractivity contribution is 5.94. The Morgan fingerprint density at radius 1 is 1.29 bits per heavy atom. The molecule has 0 atom stereocenters. The van der Waals surface area contributed by atoms with Crippen LogP contribution in [0.15, 0.2) is 29.4 Å². The number of amides is 1. The Labute approximate surface area is 127 Å². The van der Waals surface area contributed by atoms with Crippen molar-refractivity contribution in [2.45, 2.75) is 52.6 Å². The van der Waals surface area contributed by atoms with Gasteiger partial charge in [0.2, 0.25) is 0 Å². The molecule has 0 unspecified atom stereocenters. The molecule has 0 spiro atoms. The first kappa shape index (κ1) is 17.2. The fourth-order valence-corrected chi connectivity index (χ4v) is 1.83. The number of carbonyl (C=O) groups is 1. The number of benzene rings is 1. The molecule has 1 rings (SSSR count). The molecule has 0 aromatic heterocycles. The van der Waals surface area contributed by atoms with Crippen molar-refractivity contribution in [3.8, 4) is 0 Å². The monoisotopic (exact) mass is 290 g/mol. The lowest BCUT2D eigenvalue weighted by Gasteiger charge is -2.06. The average Bonchev–Trinajstić information content (AvgIpc) is 2.51.